The summed E-state index contributed by atoms with van der Waals surface area (Å²) in [7, 11) is 0. The quantitative estimate of drug-likeness (QED) is 0.649. The lowest BCUT2D eigenvalue weighted by molar-refractivity contribution is 0.277. The molecule has 0 saturated heterocycles. The second-order valence-electron chi connectivity index (χ2n) is 5.71. The summed E-state index contributed by atoms with van der Waals surface area (Å²) in [6.07, 6.45) is 8.38. The van der Waals surface area contributed by atoms with Crippen molar-refractivity contribution in [1.82, 2.24) is 14.5 Å². The minimum absolute atomic E-state index is 0.0960. The van der Waals surface area contributed by atoms with E-state index in [0.29, 0.717) is 13.0 Å². The highest BCUT2D eigenvalue weighted by molar-refractivity contribution is 7.98. The van der Waals surface area contributed by atoms with Crippen LogP contribution < -0.4 is 5.69 Å². The summed E-state index contributed by atoms with van der Waals surface area (Å²) in [6, 6.07) is 3.96. The molecule has 23 heavy (non-hydrogen) atoms. The van der Waals surface area contributed by atoms with Gasteiger partial charge in [0, 0.05) is 42.6 Å². The Hall–Kier alpha value is -1.66. The molecule has 2 aromatic rings. The predicted octanol–water partition coefficient (Wildman–Crippen LogP) is 2.19. The highest BCUT2D eigenvalue weighted by Crippen LogP contribution is 2.30. The normalized spacial score (nSPS) is 13.8. The lowest BCUT2D eigenvalue weighted by Gasteiger charge is -2.22. The lowest BCUT2D eigenvalue weighted by atomic mass is 9.97. The van der Waals surface area contributed by atoms with E-state index in [-0.39, 0.29) is 12.3 Å². The first kappa shape index (κ1) is 16.2. The van der Waals surface area contributed by atoms with E-state index in [0.717, 1.165) is 47.7 Å². The molecule has 122 valence electrons. The molecule has 0 aromatic carbocycles. The second-order valence-corrected chi connectivity index (χ2v) is 6.67. The lowest BCUT2D eigenvalue weighted by Crippen LogP contribution is -2.30. The van der Waals surface area contributed by atoms with Gasteiger partial charge in [0.05, 0.1) is 0 Å². The zero-order chi connectivity index (χ0) is 16.1. The van der Waals surface area contributed by atoms with Crippen LogP contribution in [-0.4, -0.2) is 26.2 Å². The minimum Gasteiger partial charge on any atom is -0.396 e. The molecule has 0 fully saturated rings. The number of fused-ring (bicyclic) bond motifs is 1. The molecule has 2 heterocycles. The number of rotatable bonds is 6. The maximum atomic E-state index is 12.4. The molecule has 5 nitrogen and oxygen atoms in total. The van der Waals surface area contributed by atoms with Crippen molar-refractivity contribution in [2.24, 2.45) is 0 Å². The van der Waals surface area contributed by atoms with Gasteiger partial charge in [-0.15, -0.1) is 11.8 Å². The highest BCUT2D eigenvalue weighted by Gasteiger charge is 2.20. The van der Waals surface area contributed by atoms with Crippen LogP contribution in [0.5, 0.6) is 0 Å². The number of hydrogen-bond acceptors (Lipinski definition) is 5. The molecule has 1 aliphatic carbocycles. The van der Waals surface area contributed by atoms with Gasteiger partial charge in [0.15, 0.2) is 0 Å². The number of aromatic nitrogens is 3. The molecular formula is C17H21N3O2S. The summed E-state index contributed by atoms with van der Waals surface area (Å²) in [6.45, 7) is 0.650. The fourth-order valence-electron chi connectivity index (χ4n) is 2.96. The van der Waals surface area contributed by atoms with Crippen molar-refractivity contribution in [3.63, 3.8) is 0 Å². The Morgan fingerprint density at radius 2 is 2.17 bits per heavy atom. The Labute approximate surface area is 139 Å². The van der Waals surface area contributed by atoms with E-state index >= 15 is 0 Å². The summed E-state index contributed by atoms with van der Waals surface area (Å²) in [5.74, 6) is 0.771. The Bertz CT molecular complexity index is 716. The molecule has 0 amide bonds. The van der Waals surface area contributed by atoms with Gasteiger partial charge in [0.25, 0.3) is 0 Å². The molecule has 0 saturated carbocycles. The third kappa shape index (κ3) is 3.82. The maximum Gasteiger partial charge on any atom is 0.348 e. The first-order valence-electron chi connectivity index (χ1n) is 8.04. The number of nitrogens with zero attached hydrogens (tertiary/aromatic N) is 3. The third-order valence-corrected chi connectivity index (χ3v) is 5.18. The van der Waals surface area contributed by atoms with E-state index in [2.05, 4.69) is 9.97 Å². The summed E-state index contributed by atoms with van der Waals surface area (Å²) >= 11 is 1.62. The standard InChI is InChI=1S/C17H21N3O2S/c21-10-4-9-20-15-7-2-1-6-14(15)16(19-17(20)22)23-12-13-5-3-8-18-11-13/h3,5,8,11,21H,1-2,4,6-7,9-10,12H2. The molecular weight excluding hydrogens is 310 g/mol. The zero-order valence-corrected chi connectivity index (χ0v) is 13.9. The van der Waals surface area contributed by atoms with Crippen molar-refractivity contribution in [3.05, 3.63) is 51.8 Å². The number of hydrogen-bond donors (Lipinski definition) is 1. The summed E-state index contributed by atoms with van der Waals surface area (Å²) in [5, 5.41) is 9.91. The number of aliphatic hydroxyl groups excluding tert-OH is 1. The van der Waals surface area contributed by atoms with Crippen molar-refractivity contribution in [1.29, 1.82) is 0 Å². The van der Waals surface area contributed by atoms with Gasteiger partial charge in [-0.1, -0.05) is 6.07 Å². The van der Waals surface area contributed by atoms with E-state index in [9.17, 15) is 4.79 Å². The van der Waals surface area contributed by atoms with E-state index < -0.39 is 0 Å². The van der Waals surface area contributed by atoms with E-state index in [1.165, 1.54) is 5.56 Å². The van der Waals surface area contributed by atoms with Crippen molar-refractivity contribution in [3.8, 4) is 0 Å². The fraction of sp³-hybridized carbons (Fsp3) is 0.471. The molecule has 3 rings (SSSR count). The van der Waals surface area contributed by atoms with Crippen LogP contribution in [0.3, 0.4) is 0 Å². The molecule has 6 heteroatoms. The van der Waals surface area contributed by atoms with Crippen LogP contribution in [0.15, 0.2) is 34.3 Å². The smallest absolute Gasteiger partial charge is 0.348 e. The summed E-state index contributed by atoms with van der Waals surface area (Å²) in [5.41, 5.74) is 3.29. The van der Waals surface area contributed by atoms with Crippen LogP contribution in [-0.2, 0) is 25.1 Å². The topological polar surface area (TPSA) is 68.0 Å². The number of thioether (sulfide) groups is 1. The van der Waals surface area contributed by atoms with Gasteiger partial charge >= 0.3 is 5.69 Å². The van der Waals surface area contributed by atoms with Crippen LogP contribution in [0.2, 0.25) is 0 Å². The van der Waals surface area contributed by atoms with Gasteiger partial charge in [-0.2, -0.15) is 4.98 Å². The van der Waals surface area contributed by atoms with Gasteiger partial charge in [-0.3, -0.25) is 9.55 Å². The second kappa shape index (κ2) is 7.75. The van der Waals surface area contributed by atoms with Crippen molar-refractivity contribution in [2.45, 2.75) is 49.4 Å². The SMILES string of the molecule is O=c1nc(SCc2cccnc2)c2c(n1CCCO)CCCC2. The fourth-order valence-corrected chi connectivity index (χ4v) is 3.97. The Kier molecular flexibility index (Phi) is 5.46. The molecule has 0 spiro atoms. The van der Waals surface area contributed by atoms with E-state index in [1.54, 1.807) is 22.5 Å². The maximum absolute atomic E-state index is 12.4. The number of aliphatic hydroxyl groups is 1. The zero-order valence-electron chi connectivity index (χ0n) is 13.1. The van der Waals surface area contributed by atoms with Crippen molar-refractivity contribution < 1.29 is 5.11 Å². The molecule has 2 aromatic heterocycles. The third-order valence-electron chi connectivity index (χ3n) is 4.09. The van der Waals surface area contributed by atoms with Gasteiger partial charge in [-0.25, -0.2) is 4.79 Å². The van der Waals surface area contributed by atoms with Crippen LogP contribution in [0.25, 0.3) is 0 Å². The average molecular weight is 331 g/mol. The van der Waals surface area contributed by atoms with Crippen LogP contribution in [0, 0.1) is 0 Å². The molecule has 1 N–H and O–H groups in total. The molecule has 0 aliphatic heterocycles. The molecule has 0 unspecified atom stereocenters. The van der Waals surface area contributed by atoms with Gasteiger partial charge in [0.1, 0.15) is 5.03 Å². The molecule has 1 aliphatic rings. The van der Waals surface area contributed by atoms with Crippen molar-refractivity contribution in [2.75, 3.05) is 6.61 Å². The van der Waals surface area contributed by atoms with Crippen LogP contribution in [0.1, 0.15) is 36.1 Å². The first-order chi connectivity index (χ1) is 11.3. The molecule has 0 atom stereocenters. The molecule has 0 bridgehead atoms. The van der Waals surface area contributed by atoms with Crippen LogP contribution in [0.4, 0.5) is 0 Å². The largest absolute Gasteiger partial charge is 0.396 e. The van der Waals surface area contributed by atoms with Gasteiger partial charge in [0.2, 0.25) is 0 Å². The number of pyridine rings is 1. The Morgan fingerprint density at radius 3 is 2.96 bits per heavy atom. The molecule has 0 radical (unpaired) electrons. The van der Waals surface area contributed by atoms with Gasteiger partial charge in [-0.05, 0) is 43.7 Å². The van der Waals surface area contributed by atoms with Crippen molar-refractivity contribution >= 4 is 11.8 Å². The highest BCUT2D eigenvalue weighted by atomic mass is 32.2. The predicted molar refractivity (Wildman–Crippen MR) is 90.6 cm³/mol. The van der Waals surface area contributed by atoms with E-state index in [4.69, 9.17) is 5.11 Å². The van der Waals surface area contributed by atoms with E-state index in [1.807, 2.05) is 18.3 Å². The summed E-state index contributed by atoms with van der Waals surface area (Å²) < 4.78 is 1.76. The van der Waals surface area contributed by atoms with Gasteiger partial charge < -0.3 is 5.11 Å². The first-order valence-corrected chi connectivity index (χ1v) is 9.03. The average Bonchev–Trinajstić information content (AvgIpc) is 2.60. The Morgan fingerprint density at radius 1 is 1.30 bits per heavy atom. The van der Waals surface area contributed by atoms with Crippen LogP contribution >= 0.6 is 11.8 Å². The summed E-state index contributed by atoms with van der Waals surface area (Å²) in [4.78, 5) is 20.8. The Balaban J connectivity index is 1.88. The minimum atomic E-state index is -0.187. The monoisotopic (exact) mass is 331 g/mol.